The van der Waals surface area contributed by atoms with Crippen LogP contribution in [-0.4, -0.2) is 43.0 Å². The number of nitrogens with zero attached hydrogens (tertiary/aromatic N) is 2. The van der Waals surface area contributed by atoms with Crippen molar-refractivity contribution in [1.29, 1.82) is 0 Å². The number of nitrogens with one attached hydrogen (secondary N) is 2. The van der Waals surface area contributed by atoms with Crippen LogP contribution in [-0.2, 0) is 6.54 Å². The van der Waals surface area contributed by atoms with Gasteiger partial charge in [-0.1, -0.05) is 12.1 Å². The van der Waals surface area contributed by atoms with E-state index in [2.05, 4.69) is 34.6 Å². The molecule has 0 radical (unpaired) electrons. The summed E-state index contributed by atoms with van der Waals surface area (Å²) in [6.45, 7) is 2.40. The Balaban J connectivity index is 1.80. The van der Waals surface area contributed by atoms with E-state index in [1.165, 1.54) is 0 Å². The average molecular weight is 298 g/mol. The quantitative estimate of drug-likeness (QED) is 0.821. The lowest BCUT2D eigenvalue weighted by molar-refractivity contribution is 0.0950. The van der Waals surface area contributed by atoms with Gasteiger partial charge in [-0.2, -0.15) is 0 Å². The van der Waals surface area contributed by atoms with Gasteiger partial charge in [-0.15, -0.1) is 0 Å². The number of benzene rings is 1. The second-order valence-electron chi connectivity index (χ2n) is 5.35. The highest BCUT2D eigenvalue weighted by molar-refractivity contribution is 5.93. The molecule has 1 aromatic carbocycles. The van der Waals surface area contributed by atoms with Crippen molar-refractivity contribution < 1.29 is 4.79 Å². The molecule has 5 nitrogen and oxygen atoms in total. The van der Waals surface area contributed by atoms with Crippen LogP contribution in [0.25, 0.3) is 0 Å². The van der Waals surface area contributed by atoms with Crippen LogP contribution in [0.5, 0.6) is 0 Å². The first-order valence-electron chi connectivity index (χ1n) is 7.31. The van der Waals surface area contributed by atoms with Crippen LogP contribution in [0.3, 0.4) is 0 Å². The predicted molar refractivity (Wildman–Crippen MR) is 88.9 cm³/mol. The lowest BCUT2D eigenvalue weighted by Crippen LogP contribution is -2.23. The number of hydrogen-bond acceptors (Lipinski definition) is 4. The first-order chi connectivity index (χ1) is 10.6. The molecule has 0 saturated heterocycles. The third-order valence-electron chi connectivity index (χ3n) is 3.22. The van der Waals surface area contributed by atoms with Crippen LogP contribution in [0, 0.1) is 0 Å². The zero-order chi connectivity index (χ0) is 15.8. The van der Waals surface area contributed by atoms with Gasteiger partial charge in [0.2, 0.25) is 0 Å². The lowest BCUT2D eigenvalue weighted by atomic mass is 10.2. The fourth-order valence-electron chi connectivity index (χ4n) is 1.95. The number of pyridine rings is 1. The van der Waals surface area contributed by atoms with Crippen LogP contribution in [0.2, 0.25) is 0 Å². The first kappa shape index (κ1) is 16.0. The van der Waals surface area contributed by atoms with Gasteiger partial charge in [-0.3, -0.25) is 9.78 Å². The molecule has 2 N–H and O–H groups in total. The SMILES string of the molecule is CN(C)CCNc1ccc(CNC(=O)c2cccnc2)cc1. The van der Waals surface area contributed by atoms with E-state index in [9.17, 15) is 4.79 Å². The molecule has 0 aliphatic heterocycles. The molecule has 0 bridgehead atoms. The molecule has 0 atom stereocenters. The summed E-state index contributed by atoms with van der Waals surface area (Å²) >= 11 is 0. The Labute approximate surface area is 131 Å². The summed E-state index contributed by atoms with van der Waals surface area (Å²) in [6, 6.07) is 11.6. The highest BCUT2D eigenvalue weighted by atomic mass is 16.1. The number of carbonyl (C=O) groups is 1. The van der Waals surface area contributed by atoms with Gasteiger partial charge in [0.25, 0.3) is 5.91 Å². The van der Waals surface area contributed by atoms with Crippen molar-refractivity contribution in [3.8, 4) is 0 Å². The minimum atomic E-state index is -0.110. The summed E-state index contributed by atoms with van der Waals surface area (Å²) in [4.78, 5) is 18.0. The van der Waals surface area contributed by atoms with E-state index in [4.69, 9.17) is 0 Å². The minimum absolute atomic E-state index is 0.110. The molecule has 22 heavy (non-hydrogen) atoms. The fraction of sp³-hybridized carbons (Fsp3) is 0.294. The van der Waals surface area contributed by atoms with E-state index in [1.807, 2.05) is 24.3 Å². The van der Waals surface area contributed by atoms with Crippen molar-refractivity contribution in [1.82, 2.24) is 15.2 Å². The molecule has 1 aromatic heterocycles. The van der Waals surface area contributed by atoms with E-state index in [1.54, 1.807) is 24.5 Å². The van der Waals surface area contributed by atoms with Crippen LogP contribution in [0.1, 0.15) is 15.9 Å². The van der Waals surface area contributed by atoms with Crippen molar-refractivity contribution in [3.63, 3.8) is 0 Å². The molecule has 2 rings (SSSR count). The normalized spacial score (nSPS) is 10.5. The van der Waals surface area contributed by atoms with Crippen LogP contribution in [0.4, 0.5) is 5.69 Å². The smallest absolute Gasteiger partial charge is 0.253 e. The van der Waals surface area contributed by atoms with Crippen molar-refractivity contribution in [2.45, 2.75) is 6.54 Å². The van der Waals surface area contributed by atoms with Crippen LogP contribution in [0.15, 0.2) is 48.8 Å². The Morgan fingerprint density at radius 1 is 1.18 bits per heavy atom. The number of anilines is 1. The highest BCUT2D eigenvalue weighted by Crippen LogP contribution is 2.09. The molecule has 1 heterocycles. The van der Waals surface area contributed by atoms with Gasteiger partial charge in [0.05, 0.1) is 5.56 Å². The molecule has 0 aliphatic carbocycles. The van der Waals surface area contributed by atoms with E-state index < -0.39 is 0 Å². The monoisotopic (exact) mass is 298 g/mol. The Bertz CT molecular complexity index is 581. The van der Waals surface area contributed by atoms with Gasteiger partial charge >= 0.3 is 0 Å². The molecule has 0 spiro atoms. The molecule has 0 saturated carbocycles. The maximum absolute atomic E-state index is 11.9. The van der Waals surface area contributed by atoms with Crippen molar-refractivity contribution in [3.05, 3.63) is 59.9 Å². The molecule has 0 unspecified atom stereocenters. The van der Waals surface area contributed by atoms with Gasteiger partial charge in [0, 0.05) is 37.7 Å². The standard InChI is InChI=1S/C17H22N4O/c1-21(2)11-10-19-16-7-5-14(6-8-16)12-20-17(22)15-4-3-9-18-13-15/h3-9,13,19H,10-12H2,1-2H3,(H,20,22). The molecule has 5 heteroatoms. The van der Waals surface area contributed by atoms with Gasteiger partial charge in [0.1, 0.15) is 0 Å². The summed E-state index contributed by atoms with van der Waals surface area (Å²) in [6.07, 6.45) is 3.21. The molecule has 0 fully saturated rings. The van der Waals surface area contributed by atoms with E-state index >= 15 is 0 Å². The second-order valence-corrected chi connectivity index (χ2v) is 5.35. The summed E-state index contributed by atoms with van der Waals surface area (Å²) < 4.78 is 0. The maximum Gasteiger partial charge on any atom is 0.253 e. The lowest BCUT2D eigenvalue weighted by Gasteiger charge is -2.12. The summed E-state index contributed by atoms with van der Waals surface area (Å²) in [5.41, 5.74) is 2.73. The summed E-state index contributed by atoms with van der Waals surface area (Å²) in [5, 5.41) is 6.24. The third kappa shape index (κ3) is 5.18. The molecule has 1 amide bonds. The molecular weight excluding hydrogens is 276 g/mol. The maximum atomic E-state index is 11.9. The summed E-state index contributed by atoms with van der Waals surface area (Å²) in [5.74, 6) is -0.110. The molecule has 0 aliphatic rings. The minimum Gasteiger partial charge on any atom is -0.384 e. The zero-order valence-corrected chi connectivity index (χ0v) is 13.0. The number of carbonyl (C=O) groups excluding carboxylic acids is 1. The average Bonchev–Trinajstić information content (AvgIpc) is 2.54. The fourth-order valence-corrected chi connectivity index (χ4v) is 1.95. The Morgan fingerprint density at radius 2 is 1.95 bits per heavy atom. The van der Waals surface area contributed by atoms with Gasteiger partial charge in [-0.05, 0) is 43.9 Å². The van der Waals surface area contributed by atoms with Gasteiger partial charge in [-0.25, -0.2) is 0 Å². The Kier molecular flexibility index (Phi) is 5.91. The predicted octanol–water partition coefficient (Wildman–Crippen LogP) is 1.99. The van der Waals surface area contributed by atoms with E-state index in [-0.39, 0.29) is 5.91 Å². The Morgan fingerprint density at radius 3 is 2.59 bits per heavy atom. The van der Waals surface area contributed by atoms with Gasteiger partial charge in [0.15, 0.2) is 0 Å². The number of rotatable bonds is 7. The topological polar surface area (TPSA) is 57.3 Å². The number of aromatic nitrogens is 1. The summed E-state index contributed by atoms with van der Waals surface area (Å²) in [7, 11) is 4.10. The third-order valence-corrected chi connectivity index (χ3v) is 3.22. The zero-order valence-electron chi connectivity index (χ0n) is 13.0. The number of likely N-dealkylation sites (N-methyl/N-ethyl adjacent to an activating group) is 1. The Hall–Kier alpha value is -2.40. The molecule has 2 aromatic rings. The first-order valence-corrected chi connectivity index (χ1v) is 7.31. The number of amides is 1. The van der Waals surface area contributed by atoms with Crippen molar-refractivity contribution >= 4 is 11.6 Å². The molecule has 116 valence electrons. The largest absolute Gasteiger partial charge is 0.384 e. The van der Waals surface area contributed by atoms with E-state index in [0.717, 1.165) is 24.3 Å². The van der Waals surface area contributed by atoms with Crippen molar-refractivity contribution in [2.24, 2.45) is 0 Å². The van der Waals surface area contributed by atoms with Crippen LogP contribution < -0.4 is 10.6 Å². The van der Waals surface area contributed by atoms with Crippen LogP contribution >= 0.6 is 0 Å². The second kappa shape index (κ2) is 8.14. The van der Waals surface area contributed by atoms with E-state index in [0.29, 0.717) is 12.1 Å². The van der Waals surface area contributed by atoms with Crippen molar-refractivity contribution in [2.75, 3.05) is 32.5 Å². The molecular formula is C17H22N4O. The number of hydrogen-bond donors (Lipinski definition) is 2. The highest BCUT2D eigenvalue weighted by Gasteiger charge is 2.04. The van der Waals surface area contributed by atoms with Gasteiger partial charge < -0.3 is 15.5 Å².